The number of aromatic nitrogens is 4. The SMILES string of the molecule is CC(C)CCC(CN)CO.CC(C)CCC(O)CN.CC(C)CCCC(N)CO.CC(C)CCCc1nn[nH]n1. The zero-order valence-electron chi connectivity index (χ0n) is 27.4. The highest BCUT2D eigenvalue weighted by Crippen LogP contribution is 2.10. The Hall–Kier alpha value is -1.17. The number of rotatable bonds is 18. The molecule has 0 aliphatic rings. The number of H-pyrrole nitrogens is 1. The fourth-order valence-corrected chi connectivity index (χ4v) is 3.33. The average molecular weight is 576 g/mol. The Balaban J connectivity index is -0.000000458. The highest BCUT2D eigenvalue weighted by Gasteiger charge is 2.05. The van der Waals surface area contributed by atoms with Crippen LogP contribution in [0.1, 0.15) is 119 Å². The van der Waals surface area contributed by atoms with E-state index in [1.807, 2.05) is 0 Å². The number of nitrogens with one attached hydrogen (secondary N) is 1. The number of nitrogens with two attached hydrogens (primary N) is 3. The molecule has 0 aromatic carbocycles. The molecule has 10 nitrogen and oxygen atoms in total. The number of hydrogen-bond donors (Lipinski definition) is 7. The Bertz CT molecular complexity index is 584. The summed E-state index contributed by atoms with van der Waals surface area (Å²) in [6, 6.07) is -0.00116. The lowest BCUT2D eigenvalue weighted by Gasteiger charge is -2.11. The predicted octanol–water partition coefficient (Wildman–Crippen LogP) is 4.04. The molecular weight excluding hydrogens is 506 g/mol. The fourth-order valence-electron chi connectivity index (χ4n) is 3.33. The van der Waals surface area contributed by atoms with E-state index in [4.69, 9.17) is 32.5 Å². The summed E-state index contributed by atoms with van der Waals surface area (Å²) in [5.74, 6) is 4.06. The molecule has 242 valence electrons. The molecule has 1 rings (SSSR count). The summed E-state index contributed by atoms with van der Waals surface area (Å²) in [7, 11) is 0. The van der Waals surface area contributed by atoms with Gasteiger partial charge in [-0.3, -0.25) is 0 Å². The lowest BCUT2D eigenvalue weighted by atomic mass is 9.99. The van der Waals surface area contributed by atoms with Crippen LogP contribution in [0.4, 0.5) is 0 Å². The van der Waals surface area contributed by atoms with Crippen molar-refractivity contribution in [3.05, 3.63) is 5.82 Å². The number of nitrogens with zero attached hydrogens (tertiary/aromatic N) is 3. The number of aliphatic hydroxyl groups is 3. The van der Waals surface area contributed by atoms with Gasteiger partial charge in [0.05, 0.1) is 12.7 Å². The van der Waals surface area contributed by atoms with Gasteiger partial charge in [0, 0.05) is 25.6 Å². The van der Waals surface area contributed by atoms with Gasteiger partial charge in [0.1, 0.15) is 0 Å². The molecule has 0 radical (unpaired) electrons. The van der Waals surface area contributed by atoms with E-state index < -0.39 is 0 Å². The first-order valence-electron chi connectivity index (χ1n) is 15.6. The van der Waals surface area contributed by atoms with E-state index in [2.05, 4.69) is 76.0 Å². The van der Waals surface area contributed by atoms with Crippen molar-refractivity contribution in [2.24, 2.45) is 46.8 Å². The maximum absolute atomic E-state index is 8.98. The van der Waals surface area contributed by atoms with E-state index >= 15 is 0 Å². The Labute approximate surface area is 246 Å². The van der Waals surface area contributed by atoms with Crippen LogP contribution in [0, 0.1) is 29.6 Å². The summed E-state index contributed by atoms with van der Waals surface area (Å²) in [6.45, 7) is 18.9. The van der Waals surface area contributed by atoms with Gasteiger partial charge in [-0.15, -0.1) is 10.2 Å². The van der Waals surface area contributed by atoms with Crippen molar-refractivity contribution in [3.8, 4) is 0 Å². The number of tetrazole rings is 1. The van der Waals surface area contributed by atoms with Crippen LogP contribution in [-0.2, 0) is 6.42 Å². The number of hydrogen-bond acceptors (Lipinski definition) is 9. The van der Waals surface area contributed by atoms with Crippen molar-refractivity contribution >= 4 is 0 Å². The van der Waals surface area contributed by atoms with Gasteiger partial charge in [-0.05, 0) is 68.2 Å². The average Bonchev–Trinajstić information content (AvgIpc) is 3.42. The van der Waals surface area contributed by atoms with E-state index in [-0.39, 0.29) is 25.4 Å². The molecule has 0 fully saturated rings. The van der Waals surface area contributed by atoms with Gasteiger partial charge in [0.2, 0.25) is 0 Å². The van der Waals surface area contributed by atoms with Crippen molar-refractivity contribution in [2.75, 3.05) is 26.3 Å². The Morgan fingerprint density at radius 2 is 1.20 bits per heavy atom. The lowest BCUT2D eigenvalue weighted by molar-refractivity contribution is 0.164. The molecule has 0 bridgehead atoms. The van der Waals surface area contributed by atoms with Crippen molar-refractivity contribution in [3.63, 3.8) is 0 Å². The first-order valence-corrected chi connectivity index (χ1v) is 15.6. The highest BCUT2D eigenvalue weighted by atomic mass is 16.3. The molecule has 3 atom stereocenters. The molecule has 10 heteroatoms. The van der Waals surface area contributed by atoms with E-state index in [0.29, 0.717) is 24.9 Å². The minimum Gasteiger partial charge on any atom is -0.396 e. The van der Waals surface area contributed by atoms with Gasteiger partial charge >= 0.3 is 0 Å². The molecule has 0 amide bonds. The molecule has 40 heavy (non-hydrogen) atoms. The molecule has 0 aliphatic carbocycles. The molecule has 1 aromatic rings. The third-order valence-electron chi connectivity index (χ3n) is 6.26. The van der Waals surface area contributed by atoms with Crippen LogP contribution in [0.2, 0.25) is 0 Å². The smallest absolute Gasteiger partial charge is 0.174 e. The summed E-state index contributed by atoms with van der Waals surface area (Å²) in [6.07, 6.45) is 10.5. The second-order valence-electron chi connectivity index (χ2n) is 12.5. The molecule has 3 unspecified atom stereocenters. The monoisotopic (exact) mass is 576 g/mol. The number of aliphatic hydroxyl groups excluding tert-OH is 3. The normalized spacial score (nSPS) is 13.2. The number of aromatic amines is 1. The molecule has 1 aromatic heterocycles. The van der Waals surface area contributed by atoms with Crippen LogP contribution in [0.25, 0.3) is 0 Å². The van der Waals surface area contributed by atoms with E-state index in [1.165, 1.54) is 19.3 Å². The summed E-state index contributed by atoms with van der Waals surface area (Å²) >= 11 is 0. The van der Waals surface area contributed by atoms with Crippen LogP contribution >= 0.6 is 0 Å². The van der Waals surface area contributed by atoms with Gasteiger partial charge in [-0.1, -0.05) is 86.3 Å². The number of aryl methyl sites for hydroxylation is 1. The quantitative estimate of drug-likeness (QED) is 0.135. The van der Waals surface area contributed by atoms with Crippen molar-refractivity contribution < 1.29 is 15.3 Å². The second kappa shape index (κ2) is 30.8. The second-order valence-corrected chi connectivity index (χ2v) is 12.5. The Kier molecular flexibility index (Phi) is 33.3. The van der Waals surface area contributed by atoms with Crippen molar-refractivity contribution in [1.82, 2.24) is 20.6 Å². The standard InChI is InChI=1S/2C8H19NO.C7H14N4.C7H17NO/c1-7(2)3-4-8(5-9)6-10;1-7(2)4-3-5-8(9)6-10;1-6(2)4-3-5-7-8-10-11-9-7;1-6(2)3-4-7(9)5-8/h2*7-8,10H,3-6,9H2,1-2H3;6H,3-5H2,1-2H3,(H,8,9,10,11);6-7,9H,3-5,8H2,1-2H3. The van der Waals surface area contributed by atoms with Crippen LogP contribution in [-0.4, -0.2) is 74.4 Å². The van der Waals surface area contributed by atoms with Crippen LogP contribution in [0.15, 0.2) is 0 Å². The molecular formula is C30H69N7O3. The minimum absolute atomic E-state index is 0.00116. The zero-order valence-corrected chi connectivity index (χ0v) is 27.4. The van der Waals surface area contributed by atoms with Gasteiger partial charge < -0.3 is 32.5 Å². The predicted molar refractivity (Wildman–Crippen MR) is 169 cm³/mol. The first kappa shape index (κ1) is 43.3. The van der Waals surface area contributed by atoms with Gasteiger partial charge in [-0.25, -0.2) is 0 Å². The maximum Gasteiger partial charge on any atom is 0.174 e. The molecule has 0 spiro atoms. The third kappa shape index (κ3) is 36.8. The molecule has 0 saturated heterocycles. The Morgan fingerprint density at radius 1 is 0.675 bits per heavy atom. The van der Waals surface area contributed by atoms with Gasteiger partial charge in [-0.2, -0.15) is 5.21 Å². The maximum atomic E-state index is 8.98. The largest absolute Gasteiger partial charge is 0.396 e. The van der Waals surface area contributed by atoms with Crippen LogP contribution in [0.3, 0.4) is 0 Å². The molecule has 0 saturated carbocycles. The molecule has 1 heterocycles. The van der Waals surface area contributed by atoms with Gasteiger partial charge in [0.15, 0.2) is 5.82 Å². The Morgan fingerprint density at radius 3 is 1.60 bits per heavy atom. The van der Waals surface area contributed by atoms with E-state index in [0.717, 1.165) is 68.5 Å². The van der Waals surface area contributed by atoms with Gasteiger partial charge in [0.25, 0.3) is 0 Å². The van der Waals surface area contributed by atoms with E-state index in [1.54, 1.807) is 0 Å². The highest BCUT2D eigenvalue weighted by molar-refractivity contribution is 4.75. The summed E-state index contributed by atoms with van der Waals surface area (Å²) in [5.41, 5.74) is 16.1. The third-order valence-corrected chi connectivity index (χ3v) is 6.26. The van der Waals surface area contributed by atoms with Crippen molar-refractivity contribution in [1.29, 1.82) is 0 Å². The molecule has 0 aliphatic heterocycles. The van der Waals surface area contributed by atoms with E-state index in [9.17, 15) is 0 Å². The van der Waals surface area contributed by atoms with Crippen molar-refractivity contribution in [2.45, 2.75) is 132 Å². The fraction of sp³-hybridized carbons (Fsp3) is 0.967. The first-order chi connectivity index (χ1) is 18.8. The summed E-state index contributed by atoms with van der Waals surface area (Å²) in [4.78, 5) is 0. The topological polar surface area (TPSA) is 193 Å². The lowest BCUT2D eigenvalue weighted by Crippen LogP contribution is -2.23. The van der Waals surface area contributed by atoms with Crippen LogP contribution < -0.4 is 17.2 Å². The van der Waals surface area contributed by atoms with Crippen LogP contribution in [0.5, 0.6) is 0 Å². The molecule has 10 N–H and O–H groups in total. The summed E-state index contributed by atoms with van der Waals surface area (Å²) < 4.78 is 0. The zero-order chi connectivity index (χ0) is 31.3. The minimum atomic E-state index is -0.285. The summed E-state index contributed by atoms with van der Waals surface area (Å²) in [5, 5.41) is 40.0.